The molecule has 5 nitrogen and oxygen atoms in total. The summed E-state index contributed by atoms with van der Waals surface area (Å²) >= 11 is 7.30. The number of Topliss-reactive ketones (excluding diaryl/α,β-unsaturated/α-hetero) is 1. The minimum absolute atomic E-state index is 0.0266. The highest BCUT2D eigenvalue weighted by Crippen LogP contribution is 2.37. The van der Waals surface area contributed by atoms with Crippen molar-refractivity contribution in [3.05, 3.63) is 107 Å². The van der Waals surface area contributed by atoms with E-state index in [-0.39, 0.29) is 12.4 Å². The molecule has 0 radical (unpaired) electrons. The molecule has 0 N–H and O–H groups in total. The quantitative estimate of drug-likeness (QED) is 0.252. The van der Waals surface area contributed by atoms with Gasteiger partial charge < -0.3 is 9.30 Å². The Kier molecular flexibility index (Phi) is 6.70. The molecule has 0 spiro atoms. The van der Waals surface area contributed by atoms with Crippen LogP contribution >= 0.6 is 23.4 Å². The predicted molar refractivity (Wildman–Crippen MR) is 123 cm³/mol. The topological polar surface area (TPSA) is 57.0 Å². The Labute approximate surface area is 190 Å². The van der Waals surface area contributed by atoms with Crippen LogP contribution in [0.25, 0.3) is 0 Å². The molecule has 1 aromatic heterocycles. The number of carbonyl (C=O) groups excluding carboxylic acids is 1. The first-order valence-corrected chi connectivity index (χ1v) is 10.9. The maximum absolute atomic E-state index is 13.3. The number of hydrogen-bond donors (Lipinski definition) is 0. The minimum Gasteiger partial charge on any atom is -0.486 e. The van der Waals surface area contributed by atoms with Crippen molar-refractivity contribution in [2.24, 2.45) is 7.05 Å². The van der Waals surface area contributed by atoms with Gasteiger partial charge in [0.05, 0.1) is 0 Å². The molecule has 3 aromatic carbocycles. The molecule has 0 fully saturated rings. The predicted octanol–water partition coefficient (Wildman–Crippen LogP) is 5.76. The number of thioether (sulfide) groups is 1. The highest BCUT2D eigenvalue weighted by atomic mass is 35.5. The second-order valence-electron chi connectivity index (χ2n) is 6.84. The smallest absolute Gasteiger partial charge is 0.192 e. The van der Waals surface area contributed by atoms with Gasteiger partial charge in [0.25, 0.3) is 0 Å². The standard InChI is InChI=1S/C24H20ClN3O2S/c1-28-21(16-30-20-14-12-19(25)13-15-20)26-27-24(28)31-23(18-10-6-3-7-11-18)22(29)17-8-4-2-5-9-17/h2-15,23H,16H2,1H3/t23-/m1/s1. The summed E-state index contributed by atoms with van der Waals surface area (Å²) in [7, 11) is 1.87. The van der Waals surface area contributed by atoms with Gasteiger partial charge in [-0.1, -0.05) is 84.0 Å². The molecule has 1 heterocycles. The van der Waals surface area contributed by atoms with E-state index < -0.39 is 5.25 Å². The lowest BCUT2D eigenvalue weighted by molar-refractivity contribution is 0.0989. The van der Waals surface area contributed by atoms with E-state index in [1.54, 1.807) is 24.3 Å². The van der Waals surface area contributed by atoms with Crippen molar-refractivity contribution in [2.45, 2.75) is 17.0 Å². The molecule has 4 rings (SSSR count). The van der Waals surface area contributed by atoms with Crippen LogP contribution < -0.4 is 4.74 Å². The zero-order valence-electron chi connectivity index (χ0n) is 16.8. The van der Waals surface area contributed by atoms with Crippen LogP contribution in [0.4, 0.5) is 0 Å². The van der Waals surface area contributed by atoms with Crippen LogP contribution in [-0.4, -0.2) is 20.5 Å². The van der Waals surface area contributed by atoms with Gasteiger partial charge >= 0.3 is 0 Å². The first-order valence-electron chi connectivity index (χ1n) is 9.69. The zero-order valence-corrected chi connectivity index (χ0v) is 18.4. The summed E-state index contributed by atoms with van der Waals surface area (Å²) in [5.74, 6) is 1.39. The molecular formula is C24H20ClN3O2S. The minimum atomic E-state index is -0.434. The number of halogens is 1. The number of benzene rings is 3. The number of rotatable bonds is 8. The van der Waals surface area contributed by atoms with E-state index in [1.165, 1.54) is 11.8 Å². The number of hydrogen-bond acceptors (Lipinski definition) is 5. The SMILES string of the molecule is Cn1c(COc2ccc(Cl)cc2)nnc1S[C@@H](C(=O)c1ccccc1)c1ccccc1. The van der Waals surface area contributed by atoms with Crippen molar-refractivity contribution >= 4 is 29.1 Å². The van der Waals surface area contributed by atoms with E-state index in [2.05, 4.69) is 10.2 Å². The Bertz CT molecular complexity index is 1150. The summed E-state index contributed by atoms with van der Waals surface area (Å²) in [6.07, 6.45) is 0. The van der Waals surface area contributed by atoms with Crippen LogP contribution in [0.5, 0.6) is 5.75 Å². The van der Waals surface area contributed by atoms with Gasteiger partial charge in [-0.2, -0.15) is 0 Å². The molecule has 0 bridgehead atoms. The third kappa shape index (κ3) is 5.16. The van der Waals surface area contributed by atoms with E-state index in [0.717, 1.165) is 5.56 Å². The molecular weight excluding hydrogens is 430 g/mol. The van der Waals surface area contributed by atoms with E-state index in [0.29, 0.717) is 27.3 Å². The summed E-state index contributed by atoms with van der Waals surface area (Å²) in [5, 5.41) is 9.43. The van der Waals surface area contributed by atoms with Crippen LogP contribution in [0.15, 0.2) is 90.1 Å². The number of aromatic nitrogens is 3. The molecule has 0 aliphatic rings. The van der Waals surface area contributed by atoms with Crippen molar-refractivity contribution < 1.29 is 9.53 Å². The maximum atomic E-state index is 13.3. The molecule has 0 unspecified atom stereocenters. The van der Waals surface area contributed by atoms with E-state index in [9.17, 15) is 4.79 Å². The molecule has 0 amide bonds. The number of nitrogens with zero attached hydrogens (tertiary/aromatic N) is 3. The fourth-order valence-corrected chi connectivity index (χ4v) is 4.24. The van der Waals surface area contributed by atoms with Crippen molar-refractivity contribution in [1.29, 1.82) is 0 Å². The normalized spacial score (nSPS) is 11.8. The number of ketones is 1. The fraction of sp³-hybridized carbons (Fsp3) is 0.125. The van der Waals surface area contributed by atoms with Crippen LogP contribution in [-0.2, 0) is 13.7 Å². The molecule has 0 saturated carbocycles. The summed E-state index contributed by atoms with van der Waals surface area (Å²) in [6, 6.07) is 26.2. The molecule has 0 aliphatic heterocycles. The van der Waals surface area contributed by atoms with Crippen molar-refractivity contribution in [3.63, 3.8) is 0 Å². The molecule has 0 aliphatic carbocycles. The Morgan fingerprint density at radius 1 is 0.968 bits per heavy atom. The second kappa shape index (κ2) is 9.81. The first kappa shape index (κ1) is 21.2. The van der Waals surface area contributed by atoms with Gasteiger partial charge in [0.15, 0.2) is 16.8 Å². The average Bonchev–Trinajstić information content (AvgIpc) is 3.17. The molecule has 31 heavy (non-hydrogen) atoms. The lowest BCUT2D eigenvalue weighted by atomic mass is 10.0. The molecule has 156 valence electrons. The Balaban J connectivity index is 1.54. The fourth-order valence-electron chi connectivity index (χ4n) is 3.01. The van der Waals surface area contributed by atoms with Crippen molar-refractivity contribution in [2.75, 3.05) is 0 Å². The van der Waals surface area contributed by atoms with Crippen LogP contribution in [0.3, 0.4) is 0 Å². The average molecular weight is 450 g/mol. The van der Waals surface area contributed by atoms with E-state index >= 15 is 0 Å². The second-order valence-corrected chi connectivity index (χ2v) is 8.35. The highest BCUT2D eigenvalue weighted by Gasteiger charge is 2.26. The largest absolute Gasteiger partial charge is 0.486 e. The van der Waals surface area contributed by atoms with Crippen molar-refractivity contribution in [1.82, 2.24) is 14.8 Å². The molecule has 7 heteroatoms. The van der Waals surface area contributed by atoms with Crippen LogP contribution in [0.1, 0.15) is 27.0 Å². The number of ether oxygens (including phenoxy) is 1. The third-order valence-electron chi connectivity index (χ3n) is 4.73. The van der Waals surface area contributed by atoms with E-state index in [1.807, 2.05) is 72.3 Å². The van der Waals surface area contributed by atoms with E-state index in [4.69, 9.17) is 16.3 Å². The summed E-state index contributed by atoms with van der Waals surface area (Å²) in [4.78, 5) is 13.3. The first-order chi connectivity index (χ1) is 15.1. The Morgan fingerprint density at radius 2 is 1.61 bits per heavy atom. The molecule has 4 aromatic rings. The Morgan fingerprint density at radius 3 is 2.29 bits per heavy atom. The van der Waals surface area contributed by atoms with Gasteiger partial charge in [0, 0.05) is 17.6 Å². The van der Waals surface area contributed by atoms with Crippen LogP contribution in [0, 0.1) is 0 Å². The van der Waals surface area contributed by atoms with Gasteiger partial charge in [-0.3, -0.25) is 4.79 Å². The lowest BCUT2D eigenvalue weighted by Gasteiger charge is -2.16. The summed E-state index contributed by atoms with van der Waals surface area (Å²) < 4.78 is 7.65. The van der Waals surface area contributed by atoms with Gasteiger partial charge in [0.1, 0.15) is 17.6 Å². The number of carbonyl (C=O) groups is 1. The summed E-state index contributed by atoms with van der Waals surface area (Å²) in [6.45, 7) is 0.258. The zero-order chi connectivity index (χ0) is 21.6. The Hall–Kier alpha value is -3.09. The van der Waals surface area contributed by atoms with Crippen LogP contribution in [0.2, 0.25) is 5.02 Å². The summed E-state index contributed by atoms with van der Waals surface area (Å²) in [5.41, 5.74) is 1.58. The maximum Gasteiger partial charge on any atom is 0.192 e. The highest BCUT2D eigenvalue weighted by molar-refractivity contribution is 8.00. The lowest BCUT2D eigenvalue weighted by Crippen LogP contribution is -2.11. The van der Waals surface area contributed by atoms with Gasteiger partial charge in [-0.15, -0.1) is 10.2 Å². The van der Waals surface area contributed by atoms with Gasteiger partial charge in [-0.25, -0.2) is 0 Å². The van der Waals surface area contributed by atoms with Gasteiger partial charge in [-0.05, 0) is 29.8 Å². The monoisotopic (exact) mass is 449 g/mol. The molecule has 1 atom stereocenters. The molecule has 0 saturated heterocycles. The van der Waals surface area contributed by atoms with Crippen molar-refractivity contribution in [3.8, 4) is 5.75 Å². The van der Waals surface area contributed by atoms with Gasteiger partial charge in [0.2, 0.25) is 0 Å². The third-order valence-corrected chi connectivity index (χ3v) is 6.27.